The zero-order valence-corrected chi connectivity index (χ0v) is 18.5. The van der Waals surface area contributed by atoms with Gasteiger partial charge in [-0.25, -0.2) is 0 Å². The van der Waals surface area contributed by atoms with Gasteiger partial charge in [0.2, 0.25) is 0 Å². The summed E-state index contributed by atoms with van der Waals surface area (Å²) in [6.45, 7) is 4.68. The summed E-state index contributed by atoms with van der Waals surface area (Å²) in [5, 5.41) is 2.58. The van der Waals surface area contributed by atoms with Crippen LogP contribution in [0.3, 0.4) is 0 Å². The first-order valence-corrected chi connectivity index (χ1v) is 11.8. The summed E-state index contributed by atoms with van der Waals surface area (Å²) >= 11 is 0. The van der Waals surface area contributed by atoms with Crippen LogP contribution in [0.5, 0.6) is 0 Å². The Morgan fingerprint density at radius 3 is 2.45 bits per heavy atom. The van der Waals surface area contributed by atoms with Crippen LogP contribution in [0.2, 0.25) is 0 Å². The van der Waals surface area contributed by atoms with Crippen molar-refractivity contribution in [2.24, 2.45) is 0 Å². The van der Waals surface area contributed by atoms with Crippen LogP contribution in [0.15, 0.2) is 72.9 Å². The molecule has 1 saturated carbocycles. The van der Waals surface area contributed by atoms with Crippen LogP contribution in [0.4, 0.5) is 0 Å². The number of pyridine rings is 1. The van der Waals surface area contributed by atoms with E-state index in [1.807, 2.05) is 6.20 Å². The maximum atomic E-state index is 4.84. The molecule has 0 spiro atoms. The molecule has 0 unspecified atom stereocenters. The SMILES string of the molecule is CC1(C)c2ccccc2-c2ccc(-c3nccc4cc(C5CCCCC5)ccc34)cc21. The van der Waals surface area contributed by atoms with Gasteiger partial charge in [0.05, 0.1) is 5.69 Å². The molecule has 4 aromatic rings. The third-order valence-electron chi connectivity index (χ3n) is 7.72. The van der Waals surface area contributed by atoms with Crippen LogP contribution in [-0.2, 0) is 5.41 Å². The Morgan fingerprint density at radius 2 is 1.58 bits per heavy atom. The molecule has 1 heterocycles. The molecule has 154 valence electrons. The van der Waals surface area contributed by atoms with Crippen molar-refractivity contribution in [1.82, 2.24) is 4.98 Å². The van der Waals surface area contributed by atoms with Gasteiger partial charge in [-0.05, 0) is 64.1 Å². The first-order chi connectivity index (χ1) is 15.1. The lowest BCUT2D eigenvalue weighted by molar-refractivity contribution is 0.444. The van der Waals surface area contributed by atoms with Gasteiger partial charge in [0.15, 0.2) is 0 Å². The molecule has 0 atom stereocenters. The zero-order chi connectivity index (χ0) is 21.0. The van der Waals surface area contributed by atoms with Crippen molar-refractivity contribution in [3.8, 4) is 22.4 Å². The van der Waals surface area contributed by atoms with E-state index in [1.54, 1.807) is 0 Å². The van der Waals surface area contributed by atoms with E-state index >= 15 is 0 Å². The van der Waals surface area contributed by atoms with Gasteiger partial charge in [-0.1, -0.05) is 87.7 Å². The first-order valence-electron chi connectivity index (χ1n) is 11.8. The maximum Gasteiger partial charge on any atom is 0.0780 e. The Morgan fingerprint density at radius 1 is 0.774 bits per heavy atom. The first kappa shape index (κ1) is 18.8. The minimum Gasteiger partial charge on any atom is -0.256 e. The predicted octanol–water partition coefficient (Wildman–Crippen LogP) is 8.26. The molecule has 6 rings (SSSR count). The molecule has 2 aliphatic carbocycles. The van der Waals surface area contributed by atoms with Gasteiger partial charge in [-0.2, -0.15) is 0 Å². The molecular formula is C30H29N. The zero-order valence-electron chi connectivity index (χ0n) is 18.5. The minimum absolute atomic E-state index is 0.0146. The maximum absolute atomic E-state index is 4.84. The number of hydrogen-bond donors (Lipinski definition) is 0. The van der Waals surface area contributed by atoms with Crippen molar-refractivity contribution in [2.75, 3.05) is 0 Å². The van der Waals surface area contributed by atoms with Gasteiger partial charge < -0.3 is 0 Å². The molecular weight excluding hydrogens is 374 g/mol. The Hall–Kier alpha value is -2.93. The highest BCUT2D eigenvalue weighted by Gasteiger charge is 2.35. The normalized spacial score (nSPS) is 17.5. The lowest BCUT2D eigenvalue weighted by Gasteiger charge is -2.23. The molecule has 2 aliphatic rings. The Kier molecular flexibility index (Phi) is 4.28. The predicted molar refractivity (Wildman–Crippen MR) is 131 cm³/mol. The Bertz CT molecular complexity index is 1290. The molecule has 0 aliphatic heterocycles. The van der Waals surface area contributed by atoms with E-state index < -0.39 is 0 Å². The third-order valence-corrected chi connectivity index (χ3v) is 7.72. The summed E-state index contributed by atoms with van der Waals surface area (Å²) in [5.74, 6) is 0.731. The summed E-state index contributed by atoms with van der Waals surface area (Å²) in [5.41, 5.74) is 9.41. The third kappa shape index (κ3) is 2.94. The van der Waals surface area contributed by atoms with Crippen molar-refractivity contribution >= 4 is 10.8 Å². The molecule has 0 amide bonds. The summed E-state index contributed by atoms with van der Waals surface area (Å²) in [7, 11) is 0. The number of aromatic nitrogens is 1. The highest BCUT2D eigenvalue weighted by atomic mass is 14.7. The van der Waals surface area contributed by atoms with E-state index in [1.165, 1.54) is 76.3 Å². The number of fused-ring (bicyclic) bond motifs is 4. The van der Waals surface area contributed by atoms with Crippen LogP contribution in [0, 0.1) is 0 Å². The molecule has 0 bridgehead atoms. The topological polar surface area (TPSA) is 12.9 Å². The molecule has 0 radical (unpaired) electrons. The molecule has 1 nitrogen and oxygen atoms in total. The van der Waals surface area contributed by atoms with Gasteiger partial charge in [-0.15, -0.1) is 0 Å². The van der Waals surface area contributed by atoms with Crippen molar-refractivity contribution < 1.29 is 0 Å². The molecule has 31 heavy (non-hydrogen) atoms. The monoisotopic (exact) mass is 403 g/mol. The second-order valence-electron chi connectivity index (χ2n) is 9.91. The van der Waals surface area contributed by atoms with E-state index in [-0.39, 0.29) is 5.41 Å². The van der Waals surface area contributed by atoms with Gasteiger partial charge in [0.25, 0.3) is 0 Å². The van der Waals surface area contributed by atoms with Crippen LogP contribution >= 0.6 is 0 Å². The number of nitrogens with zero attached hydrogens (tertiary/aromatic N) is 1. The number of hydrogen-bond acceptors (Lipinski definition) is 1. The molecule has 0 N–H and O–H groups in total. The largest absolute Gasteiger partial charge is 0.256 e. The smallest absolute Gasteiger partial charge is 0.0780 e. The second kappa shape index (κ2) is 7.05. The molecule has 3 aromatic carbocycles. The average Bonchev–Trinajstić information content (AvgIpc) is 3.05. The Balaban J connectivity index is 1.45. The highest BCUT2D eigenvalue weighted by Crippen LogP contribution is 2.49. The van der Waals surface area contributed by atoms with E-state index in [9.17, 15) is 0 Å². The van der Waals surface area contributed by atoms with E-state index in [2.05, 4.69) is 80.6 Å². The molecule has 1 aromatic heterocycles. The lowest BCUT2D eigenvalue weighted by atomic mass is 9.81. The van der Waals surface area contributed by atoms with Gasteiger partial charge in [0.1, 0.15) is 0 Å². The van der Waals surface area contributed by atoms with Crippen molar-refractivity contribution in [3.63, 3.8) is 0 Å². The van der Waals surface area contributed by atoms with Crippen molar-refractivity contribution in [1.29, 1.82) is 0 Å². The van der Waals surface area contributed by atoms with Crippen LogP contribution in [-0.4, -0.2) is 4.98 Å². The molecule has 1 heteroatoms. The summed E-state index contributed by atoms with van der Waals surface area (Å²) in [6.07, 6.45) is 8.80. The van der Waals surface area contributed by atoms with Crippen LogP contribution < -0.4 is 0 Å². The molecule has 0 saturated heterocycles. The fourth-order valence-electron chi connectivity index (χ4n) is 5.97. The Labute approximate surface area is 185 Å². The fourth-order valence-corrected chi connectivity index (χ4v) is 5.97. The van der Waals surface area contributed by atoms with Crippen LogP contribution in [0.1, 0.15) is 68.6 Å². The molecule has 1 fully saturated rings. The summed E-state index contributed by atoms with van der Waals surface area (Å²) in [4.78, 5) is 4.84. The summed E-state index contributed by atoms with van der Waals surface area (Å²) < 4.78 is 0. The van der Waals surface area contributed by atoms with Gasteiger partial charge in [-0.3, -0.25) is 4.98 Å². The quantitative estimate of drug-likeness (QED) is 0.328. The summed E-state index contributed by atoms with van der Waals surface area (Å²) in [6, 6.07) is 25.0. The van der Waals surface area contributed by atoms with Gasteiger partial charge in [0, 0.05) is 22.6 Å². The fraction of sp³-hybridized carbons (Fsp3) is 0.300. The lowest BCUT2D eigenvalue weighted by Crippen LogP contribution is -2.14. The standard InChI is InChI=1S/C30H29N/c1-30(2)27-11-7-6-10-25(27)26-15-13-23(19-28(26)30)29-24-14-12-21(18-22(24)16-17-31-29)20-8-4-3-5-9-20/h6-7,10-20H,3-5,8-9H2,1-2H3. The number of benzene rings is 3. The van der Waals surface area contributed by atoms with Gasteiger partial charge >= 0.3 is 0 Å². The number of rotatable bonds is 2. The van der Waals surface area contributed by atoms with Crippen molar-refractivity contribution in [2.45, 2.75) is 57.3 Å². The average molecular weight is 404 g/mol. The van der Waals surface area contributed by atoms with E-state index in [0.717, 1.165) is 11.6 Å². The van der Waals surface area contributed by atoms with Crippen molar-refractivity contribution in [3.05, 3.63) is 89.6 Å². The van der Waals surface area contributed by atoms with Crippen LogP contribution in [0.25, 0.3) is 33.2 Å². The van der Waals surface area contributed by atoms with E-state index in [4.69, 9.17) is 4.98 Å². The van der Waals surface area contributed by atoms with E-state index in [0.29, 0.717) is 0 Å². The minimum atomic E-state index is 0.0146. The second-order valence-corrected chi connectivity index (χ2v) is 9.91. The highest BCUT2D eigenvalue weighted by molar-refractivity contribution is 5.96.